The van der Waals surface area contributed by atoms with Crippen LogP contribution in [0.5, 0.6) is 0 Å². The highest BCUT2D eigenvalue weighted by atomic mass is 32.1. The molecule has 0 bridgehead atoms. The Morgan fingerprint density at radius 2 is 1.82 bits per heavy atom. The van der Waals surface area contributed by atoms with E-state index in [0.717, 1.165) is 58.3 Å². The lowest BCUT2D eigenvalue weighted by molar-refractivity contribution is 0.0786. The minimum Gasteiger partial charge on any atom is -0.386 e. The van der Waals surface area contributed by atoms with Crippen LogP contribution in [-0.4, -0.2) is 63.2 Å². The number of nitrogens with zero attached hydrogens (tertiary/aromatic N) is 6. The van der Waals surface area contributed by atoms with Gasteiger partial charge in [-0.3, -0.25) is 4.98 Å². The van der Waals surface area contributed by atoms with Crippen LogP contribution in [0.25, 0.3) is 20.8 Å². The number of thiazole rings is 1. The van der Waals surface area contributed by atoms with Gasteiger partial charge in [-0.15, -0.1) is 11.3 Å². The van der Waals surface area contributed by atoms with Crippen molar-refractivity contribution in [2.45, 2.75) is 19.4 Å². The number of benzene rings is 1. The first-order valence-electron chi connectivity index (χ1n) is 11.0. The molecule has 4 aromatic rings. The van der Waals surface area contributed by atoms with E-state index in [1.807, 2.05) is 42.7 Å². The van der Waals surface area contributed by atoms with Gasteiger partial charge in [0.1, 0.15) is 16.6 Å². The van der Waals surface area contributed by atoms with E-state index in [4.69, 9.17) is 9.97 Å². The van der Waals surface area contributed by atoms with E-state index in [2.05, 4.69) is 32.1 Å². The van der Waals surface area contributed by atoms with Crippen molar-refractivity contribution in [3.8, 4) is 10.6 Å². The zero-order chi connectivity index (χ0) is 23.0. The third-order valence-corrected chi connectivity index (χ3v) is 6.85. The second-order valence-corrected chi connectivity index (χ2v) is 9.90. The average Bonchev–Trinajstić information content (AvgIpc) is 3.23. The SMILES string of the molecule is CN1CCN(c2cncc(Nc3cc4nc(-c5cccc(C(C)(C)O)c5)sc4cn3)n2)CC1. The van der Waals surface area contributed by atoms with Crippen LogP contribution in [0.2, 0.25) is 0 Å². The molecule has 8 nitrogen and oxygen atoms in total. The third-order valence-electron chi connectivity index (χ3n) is 5.80. The van der Waals surface area contributed by atoms with Crippen LogP contribution in [-0.2, 0) is 5.60 Å². The van der Waals surface area contributed by atoms with Crippen LogP contribution in [0, 0.1) is 0 Å². The van der Waals surface area contributed by atoms with E-state index in [1.54, 1.807) is 31.4 Å². The fourth-order valence-corrected chi connectivity index (χ4v) is 4.71. The Bertz CT molecular complexity index is 1280. The number of aliphatic hydroxyl groups is 1. The maximum Gasteiger partial charge on any atom is 0.152 e. The van der Waals surface area contributed by atoms with E-state index in [9.17, 15) is 5.11 Å². The molecule has 1 aliphatic rings. The molecule has 2 N–H and O–H groups in total. The van der Waals surface area contributed by atoms with Gasteiger partial charge in [-0.1, -0.05) is 18.2 Å². The van der Waals surface area contributed by atoms with Gasteiger partial charge in [-0.25, -0.2) is 15.0 Å². The molecule has 0 atom stereocenters. The minimum absolute atomic E-state index is 0.659. The largest absolute Gasteiger partial charge is 0.386 e. The fraction of sp³-hybridized carbons (Fsp3) is 0.333. The Hall–Kier alpha value is -3.14. The summed E-state index contributed by atoms with van der Waals surface area (Å²) in [6, 6.07) is 9.81. The number of aromatic nitrogens is 4. The molecule has 9 heteroatoms. The van der Waals surface area contributed by atoms with Gasteiger partial charge < -0.3 is 20.2 Å². The standard InChI is InChI=1S/C24H27N7OS/c1-24(2,32)17-6-4-5-16(11-17)23-27-18-12-20(26-13-19(18)33-23)28-21-14-25-15-22(29-21)31-9-7-30(3)8-10-31/h4-6,11-15,32H,7-10H2,1-3H3,(H,26,28,29). The van der Waals surface area contributed by atoms with Crippen LogP contribution in [0.3, 0.4) is 0 Å². The summed E-state index contributed by atoms with van der Waals surface area (Å²) >= 11 is 1.58. The number of anilines is 3. The van der Waals surface area contributed by atoms with Crippen molar-refractivity contribution in [1.29, 1.82) is 0 Å². The zero-order valence-corrected chi connectivity index (χ0v) is 19.8. The van der Waals surface area contributed by atoms with Crippen molar-refractivity contribution < 1.29 is 5.11 Å². The van der Waals surface area contributed by atoms with Crippen LogP contribution < -0.4 is 10.2 Å². The lowest BCUT2D eigenvalue weighted by atomic mass is 9.97. The molecule has 170 valence electrons. The number of piperazine rings is 1. The highest BCUT2D eigenvalue weighted by Crippen LogP contribution is 2.33. The Kier molecular flexibility index (Phi) is 5.69. The third kappa shape index (κ3) is 4.80. The van der Waals surface area contributed by atoms with Crippen molar-refractivity contribution in [3.05, 3.63) is 54.5 Å². The summed E-state index contributed by atoms with van der Waals surface area (Å²) in [5, 5.41) is 14.5. The summed E-state index contributed by atoms with van der Waals surface area (Å²) in [5.41, 5.74) is 1.81. The first-order valence-corrected chi connectivity index (χ1v) is 11.8. The van der Waals surface area contributed by atoms with Crippen molar-refractivity contribution in [1.82, 2.24) is 24.8 Å². The lowest BCUT2D eigenvalue weighted by Crippen LogP contribution is -2.44. The molecule has 1 aromatic carbocycles. The minimum atomic E-state index is -0.898. The van der Waals surface area contributed by atoms with Gasteiger partial charge in [0, 0.05) is 44.0 Å². The van der Waals surface area contributed by atoms with Crippen molar-refractivity contribution in [2.75, 3.05) is 43.4 Å². The normalized spacial score (nSPS) is 15.2. The maximum absolute atomic E-state index is 10.3. The molecule has 1 aliphatic heterocycles. The monoisotopic (exact) mass is 461 g/mol. The van der Waals surface area contributed by atoms with Crippen LogP contribution in [0.1, 0.15) is 19.4 Å². The predicted molar refractivity (Wildman–Crippen MR) is 133 cm³/mol. The molecule has 3 aromatic heterocycles. The van der Waals surface area contributed by atoms with E-state index in [-0.39, 0.29) is 0 Å². The Morgan fingerprint density at radius 3 is 2.61 bits per heavy atom. The van der Waals surface area contributed by atoms with E-state index < -0.39 is 5.60 Å². The summed E-state index contributed by atoms with van der Waals surface area (Å²) in [7, 11) is 2.14. The second kappa shape index (κ2) is 8.66. The molecule has 0 amide bonds. The molecule has 0 spiro atoms. The van der Waals surface area contributed by atoms with Crippen LogP contribution in [0.4, 0.5) is 17.5 Å². The smallest absolute Gasteiger partial charge is 0.152 e. The molecule has 0 saturated carbocycles. The number of hydrogen-bond acceptors (Lipinski definition) is 9. The van der Waals surface area contributed by atoms with Crippen molar-refractivity contribution in [3.63, 3.8) is 0 Å². The van der Waals surface area contributed by atoms with Gasteiger partial charge in [0.15, 0.2) is 5.82 Å². The van der Waals surface area contributed by atoms with Crippen LogP contribution >= 0.6 is 11.3 Å². The molecule has 4 heterocycles. The second-order valence-electron chi connectivity index (χ2n) is 8.87. The molecule has 0 aliphatic carbocycles. The summed E-state index contributed by atoms with van der Waals surface area (Å²) in [6.45, 7) is 7.48. The maximum atomic E-state index is 10.3. The fourth-order valence-electron chi connectivity index (χ4n) is 3.79. The number of hydrogen-bond donors (Lipinski definition) is 2. The average molecular weight is 462 g/mol. The molecule has 1 saturated heterocycles. The molecule has 5 rings (SSSR count). The first kappa shape index (κ1) is 21.7. The zero-order valence-electron chi connectivity index (χ0n) is 19.0. The van der Waals surface area contributed by atoms with Gasteiger partial charge in [0.05, 0.1) is 28.2 Å². The molecular formula is C24H27N7OS. The highest BCUT2D eigenvalue weighted by molar-refractivity contribution is 7.21. The molecule has 33 heavy (non-hydrogen) atoms. The van der Waals surface area contributed by atoms with Gasteiger partial charge >= 0.3 is 0 Å². The summed E-state index contributed by atoms with van der Waals surface area (Å²) in [6.07, 6.45) is 5.35. The molecular weight excluding hydrogens is 434 g/mol. The Labute approximate surface area is 197 Å². The number of fused-ring (bicyclic) bond motifs is 1. The highest BCUT2D eigenvalue weighted by Gasteiger charge is 2.18. The first-order chi connectivity index (χ1) is 15.8. The number of rotatable bonds is 5. The summed E-state index contributed by atoms with van der Waals surface area (Å²) in [5.74, 6) is 2.21. The van der Waals surface area contributed by atoms with Crippen molar-refractivity contribution in [2.24, 2.45) is 0 Å². The quantitative estimate of drug-likeness (QED) is 0.463. The van der Waals surface area contributed by atoms with Gasteiger partial charge in [0.25, 0.3) is 0 Å². The van der Waals surface area contributed by atoms with Gasteiger partial charge in [-0.2, -0.15) is 0 Å². The summed E-state index contributed by atoms with van der Waals surface area (Å²) in [4.78, 5) is 23.0. The lowest BCUT2D eigenvalue weighted by Gasteiger charge is -2.33. The van der Waals surface area contributed by atoms with E-state index >= 15 is 0 Å². The summed E-state index contributed by atoms with van der Waals surface area (Å²) < 4.78 is 1.00. The topological polar surface area (TPSA) is 90.3 Å². The van der Waals surface area contributed by atoms with Gasteiger partial charge in [0.2, 0.25) is 0 Å². The Balaban J connectivity index is 1.37. The van der Waals surface area contributed by atoms with Gasteiger partial charge in [-0.05, 0) is 32.5 Å². The van der Waals surface area contributed by atoms with E-state index in [1.165, 1.54) is 0 Å². The molecule has 1 fully saturated rings. The van der Waals surface area contributed by atoms with Crippen LogP contribution in [0.15, 0.2) is 48.9 Å². The Morgan fingerprint density at radius 1 is 1.00 bits per heavy atom. The van der Waals surface area contributed by atoms with Crippen molar-refractivity contribution >= 4 is 39.0 Å². The number of likely N-dealkylation sites (N-methyl/N-ethyl adjacent to an activating group) is 1. The molecule has 0 unspecified atom stereocenters. The molecule has 0 radical (unpaired) electrons. The van der Waals surface area contributed by atoms with E-state index in [0.29, 0.717) is 11.6 Å². The number of pyridine rings is 1. The predicted octanol–water partition coefficient (Wildman–Crippen LogP) is 3.87. The number of nitrogens with one attached hydrogen (secondary N) is 1.